The van der Waals surface area contributed by atoms with Crippen LogP contribution in [0.1, 0.15) is 42.5 Å². The van der Waals surface area contributed by atoms with Crippen LogP contribution in [0.5, 0.6) is 0 Å². The predicted octanol–water partition coefficient (Wildman–Crippen LogP) is 3.13. The number of likely N-dealkylation sites (tertiary alicyclic amines) is 1. The van der Waals surface area contributed by atoms with Crippen LogP contribution in [0, 0.1) is 0 Å². The Morgan fingerprint density at radius 2 is 1.61 bits per heavy atom. The maximum absolute atomic E-state index is 12.6. The molecular weight excluding hydrogens is 288 g/mol. The molecule has 0 unspecified atom stereocenters. The lowest BCUT2D eigenvalue weighted by Gasteiger charge is -2.24. The molecule has 0 bridgehead atoms. The van der Waals surface area contributed by atoms with Gasteiger partial charge in [0.15, 0.2) is 5.82 Å². The first-order valence-electron chi connectivity index (χ1n) is 8.22. The van der Waals surface area contributed by atoms with Crippen LogP contribution in [-0.2, 0) is 0 Å². The van der Waals surface area contributed by atoms with Gasteiger partial charge in [0.2, 0.25) is 0 Å². The van der Waals surface area contributed by atoms with Crippen LogP contribution >= 0.6 is 0 Å². The van der Waals surface area contributed by atoms with Crippen LogP contribution in [0.2, 0.25) is 0 Å². The number of hydrogen-bond donors (Lipinski definition) is 1. The van der Waals surface area contributed by atoms with Crippen LogP contribution in [0.4, 0.5) is 5.82 Å². The molecule has 2 N–H and O–H groups in total. The number of nitrogen functional groups attached to an aromatic ring is 1. The van der Waals surface area contributed by atoms with Gasteiger partial charge in [-0.2, -0.15) is 0 Å². The van der Waals surface area contributed by atoms with E-state index in [-0.39, 0.29) is 5.91 Å². The first-order chi connectivity index (χ1) is 11.2. The standard InChI is InChI=1S/C18H22N4O/c19-16-10-11-20-17(21-16)14-6-8-15(9-7-14)18(23)22-12-4-2-1-3-5-13-22/h6-11H,1-5,12-13H2,(H2,19,20,21). The van der Waals surface area contributed by atoms with Crippen molar-refractivity contribution in [2.45, 2.75) is 32.1 Å². The summed E-state index contributed by atoms with van der Waals surface area (Å²) in [6, 6.07) is 9.12. The Hall–Kier alpha value is -2.43. The van der Waals surface area contributed by atoms with Gasteiger partial charge in [-0.05, 0) is 31.0 Å². The molecule has 2 heterocycles. The quantitative estimate of drug-likeness (QED) is 0.925. The van der Waals surface area contributed by atoms with Crippen LogP contribution in [0.15, 0.2) is 36.5 Å². The number of aromatic nitrogens is 2. The fourth-order valence-corrected chi connectivity index (χ4v) is 2.91. The average molecular weight is 310 g/mol. The molecule has 0 aliphatic carbocycles. The summed E-state index contributed by atoms with van der Waals surface area (Å²) in [4.78, 5) is 23.0. The van der Waals surface area contributed by atoms with Crippen molar-refractivity contribution in [3.8, 4) is 11.4 Å². The maximum atomic E-state index is 12.6. The van der Waals surface area contributed by atoms with E-state index in [9.17, 15) is 4.79 Å². The smallest absolute Gasteiger partial charge is 0.253 e. The van der Waals surface area contributed by atoms with Crippen molar-refractivity contribution in [3.63, 3.8) is 0 Å². The van der Waals surface area contributed by atoms with Gasteiger partial charge in [0.25, 0.3) is 5.91 Å². The number of benzene rings is 1. The normalized spacial score (nSPS) is 15.7. The molecule has 0 saturated carbocycles. The molecule has 120 valence electrons. The van der Waals surface area contributed by atoms with Crippen molar-refractivity contribution < 1.29 is 4.79 Å². The molecule has 1 aromatic heterocycles. The number of nitrogens with two attached hydrogens (primary N) is 1. The van der Waals surface area contributed by atoms with Crippen LogP contribution < -0.4 is 5.73 Å². The van der Waals surface area contributed by atoms with Crippen LogP contribution in [0.3, 0.4) is 0 Å². The summed E-state index contributed by atoms with van der Waals surface area (Å²) in [6.45, 7) is 1.72. The molecule has 2 aromatic rings. The highest BCUT2D eigenvalue weighted by atomic mass is 16.2. The molecule has 1 aliphatic heterocycles. The van der Waals surface area contributed by atoms with E-state index >= 15 is 0 Å². The van der Waals surface area contributed by atoms with E-state index in [0.717, 1.165) is 37.1 Å². The van der Waals surface area contributed by atoms with Gasteiger partial charge >= 0.3 is 0 Å². The molecule has 1 aliphatic rings. The molecule has 1 amide bonds. The van der Waals surface area contributed by atoms with Gasteiger partial charge < -0.3 is 10.6 Å². The minimum Gasteiger partial charge on any atom is -0.384 e. The van der Waals surface area contributed by atoms with Crippen molar-refractivity contribution in [2.24, 2.45) is 0 Å². The average Bonchev–Trinajstić information content (AvgIpc) is 2.54. The molecule has 1 fully saturated rings. The minimum absolute atomic E-state index is 0.118. The maximum Gasteiger partial charge on any atom is 0.253 e. The van der Waals surface area contributed by atoms with Gasteiger partial charge in [-0.25, -0.2) is 9.97 Å². The number of hydrogen-bond acceptors (Lipinski definition) is 4. The van der Waals surface area contributed by atoms with E-state index in [1.54, 1.807) is 12.3 Å². The zero-order valence-electron chi connectivity index (χ0n) is 13.2. The SMILES string of the molecule is Nc1ccnc(-c2ccc(C(=O)N3CCCCCCC3)cc2)n1. The minimum atomic E-state index is 0.118. The summed E-state index contributed by atoms with van der Waals surface area (Å²) in [7, 11) is 0. The van der Waals surface area contributed by atoms with E-state index in [1.165, 1.54) is 19.3 Å². The molecule has 5 heteroatoms. The zero-order valence-corrected chi connectivity index (χ0v) is 13.2. The largest absolute Gasteiger partial charge is 0.384 e. The third-order valence-corrected chi connectivity index (χ3v) is 4.21. The first-order valence-corrected chi connectivity index (χ1v) is 8.22. The van der Waals surface area contributed by atoms with Crippen LogP contribution in [-0.4, -0.2) is 33.9 Å². The monoisotopic (exact) mass is 310 g/mol. The van der Waals surface area contributed by atoms with E-state index < -0.39 is 0 Å². The molecule has 5 nitrogen and oxygen atoms in total. The highest BCUT2D eigenvalue weighted by molar-refractivity contribution is 5.94. The third-order valence-electron chi connectivity index (χ3n) is 4.21. The Morgan fingerprint density at radius 1 is 0.957 bits per heavy atom. The Labute approximate surface area is 136 Å². The molecule has 1 saturated heterocycles. The fraction of sp³-hybridized carbons (Fsp3) is 0.389. The van der Waals surface area contributed by atoms with E-state index in [2.05, 4.69) is 9.97 Å². The molecule has 0 radical (unpaired) electrons. The molecule has 23 heavy (non-hydrogen) atoms. The number of anilines is 1. The first kappa shape index (κ1) is 15.5. The van der Waals surface area contributed by atoms with E-state index in [1.807, 2.05) is 29.2 Å². The third kappa shape index (κ3) is 3.86. The van der Waals surface area contributed by atoms with E-state index in [4.69, 9.17) is 5.73 Å². The van der Waals surface area contributed by atoms with Gasteiger partial charge in [-0.1, -0.05) is 31.4 Å². The predicted molar refractivity (Wildman–Crippen MR) is 90.9 cm³/mol. The fourth-order valence-electron chi connectivity index (χ4n) is 2.91. The van der Waals surface area contributed by atoms with Gasteiger partial charge in [0.1, 0.15) is 5.82 Å². The topological polar surface area (TPSA) is 72.1 Å². The van der Waals surface area contributed by atoms with Crippen molar-refractivity contribution in [1.82, 2.24) is 14.9 Å². The second-order valence-electron chi connectivity index (χ2n) is 5.94. The number of amides is 1. The van der Waals surface area contributed by atoms with Crippen molar-refractivity contribution in [2.75, 3.05) is 18.8 Å². The molecule has 0 atom stereocenters. The summed E-state index contributed by atoms with van der Waals surface area (Å²) >= 11 is 0. The molecule has 1 aromatic carbocycles. The van der Waals surface area contributed by atoms with Crippen molar-refractivity contribution >= 4 is 11.7 Å². The van der Waals surface area contributed by atoms with E-state index in [0.29, 0.717) is 11.6 Å². The van der Waals surface area contributed by atoms with Gasteiger partial charge in [-0.15, -0.1) is 0 Å². The number of rotatable bonds is 2. The Kier molecular flexibility index (Phi) is 4.86. The molecule has 0 spiro atoms. The second-order valence-corrected chi connectivity index (χ2v) is 5.94. The Balaban J connectivity index is 1.74. The summed E-state index contributed by atoms with van der Waals surface area (Å²) in [5.41, 5.74) is 7.27. The lowest BCUT2D eigenvalue weighted by molar-refractivity contribution is 0.0742. The summed E-state index contributed by atoms with van der Waals surface area (Å²) < 4.78 is 0. The lowest BCUT2D eigenvalue weighted by atomic mass is 10.1. The molecular formula is C18H22N4O. The summed E-state index contributed by atoms with van der Waals surface area (Å²) in [5.74, 6) is 1.14. The van der Waals surface area contributed by atoms with Gasteiger partial charge in [0, 0.05) is 30.4 Å². The van der Waals surface area contributed by atoms with Gasteiger partial charge in [0.05, 0.1) is 0 Å². The highest BCUT2D eigenvalue weighted by Crippen LogP contribution is 2.18. The zero-order chi connectivity index (χ0) is 16.1. The van der Waals surface area contributed by atoms with Crippen molar-refractivity contribution in [3.05, 3.63) is 42.1 Å². The Bertz CT molecular complexity index is 661. The number of carbonyl (C=O) groups excluding carboxylic acids is 1. The van der Waals surface area contributed by atoms with Gasteiger partial charge in [-0.3, -0.25) is 4.79 Å². The number of carbonyl (C=O) groups is 1. The number of nitrogens with zero attached hydrogens (tertiary/aromatic N) is 3. The second kappa shape index (κ2) is 7.22. The van der Waals surface area contributed by atoms with Crippen molar-refractivity contribution in [1.29, 1.82) is 0 Å². The van der Waals surface area contributed by atoms with Crippen LogP contribution in [0.25, 0.3) is 11.4 Å². The summed E-state index contributed by atoms with van der Waals surface area (Å²) in [5, 5.41) is 0. The lowest BCUT2D eigenvalue weighted by Crippen LogP contribution is -2.33. The molecule has 3 rings (SSSR count). The highest BCUT2D eigenvalue weighted by Gasteiger charge is 2.16. The summed E-state index contributed by atoms with van der Waals surface area (Å²) in [6.07, 6.45) is 7.56. The Morgan fingerprint density at radius 3 is 2.26 bits per heavy atom.